The van der Waals surface area contributed by atoms with Crippen molar-refractivity contribution < 1.29 is 24.2 Å². The van der Waals surface area contributed by atoms with E-state index < -0.39 is 5.97 Å². The first-order valence-electron chi connectivity index (χ1n) is 14.5. The fraction of sp³-hybridized carbons (Fsp3) is 0.900. The Morgan fingerprint density at radius 3 is 2.34 bits per heavy atom. The Hall–Kier alpha value is -1.39. The molecule has 200 valence electrons. The Morgan fingerprint density at radius 1 is 0.971 bits per heavy atom. The van der Waals surface area contributed by atoms with Gasteiger partial charge < -0.3 is 9.84 Å². The topological polar surface area (TPSA) is 80.7 Å². The summed E-state index contributed by atoms with van der Waals surface area (Å²) in [6.07, 6.45) is 14.3. The van der Waals surface area contributed by atoms with Gasteiger partial charge in [0.15, 0.2) is 0 Å². The molecule has 0 heterocycles. The fourth-order valence-corrected chi connectivity index (χ4v) is 8.50. The van der Waals surface area contributed by atoms with E-state index in [1.54, 1.807) is 0 Å². The molecule has 0 unspecified atom stereocenters. The fourth-order valence-electron chi connectivity index (χ4n) is 8.50. The highest BCUT2D eigenvalue weighted by Gasteiger charge is 2.61. The Bertz CT molecular complexity index is 762. The van der Waals surface area contributed by atoms with Crippen molar-refractivity contribution in [3.63, 3.8) is 0 Å². The van der Waals surface area contributed by atoms with E-state index in [-0.39, 0.29) is 23.4 Å². The van der Waals surface area contributed by atoms with Crippen molar-refractivity contribution in [3.05, 3.63) is 0 Å². The molecule has 4 aliphatic rings. The molecule has 0 aromatic heterocycles. The second-order valence-corrected chi connectivity index (χ2v) is 12.6. The van der Waals surface area contributed by atoms with Crippen LogP contribution in [-0.4, -0.2) is 28.9 Å². The largest absolute Gasteiger partial charge is 0.481 e. The maximum atomic E-state index is 12.3. The van der Waals surface area contributed by atoms with Crippen LogP contribution in [0.4, 0.5) is 0 Å². The van der Waals surface area contributed by atoms with Crippen LogP contribution in [0.5, 0.6) is 0 Å². The van der Waals surface area contributed by atoms with Gasteiger partial charge in [-0.25, -0.2) is 0 Å². The number of esters is 1. The number of ether oxygens (including phenoxy) is 1. The summed E-state index contributed by atoms with van der Waals surface area (Å²) >= 11 is 0. The van der Waals surface area contributed by atoms with Gasteiger partial charge in [0.05, 0.1) is 0 Å². The average molecular weight is 491 g/mol. The second-order valence-electron chi connectivity index (χ2n) is 12.6. The lowest BCUT2D eigenvalue weighted by Gasteiger charge is -2.60. The van der Waals surface area contributed by atoms with Gasteiger partial charge in [-0.15, -0.1) is 0 Å². The first kappa shape index (κ1) is 28.2. The zero-order valence-electron chi connectivity index (χ0n) is 22.9. The molecule has 0 radical (unpaired) electrons. The highest BCUT2D eigenvalue weighted by Crippen LogP contribution is 2.66. The zero-order chi connectivity index (χ0) is 25.8. The molecule has 4 rings (SSSR count). The summed E-state index contributed by atoms with van der Waals surface area (Å²) in [5, 5.41) is 8.21. The third kappa shape index (κ3) is 5.96. The lowest BCUT2D eigenvalue weighted by molar-refractivity contribution is -0.165. The molecule has 4 aliphatic carbocycles. The number of rotatable bonds is 7. The Kier molecular flexibility index (Phi) is 9.48. The lowest BCUT2D eigenvalue weighted by Crippen LogP contribution is -2.55. The summed E-state index contributed by atoms with van der Waals surface area (Å²) in [5.41, 5.74) is 0.515. The predicted octanol–water partition coefficient (Wildman–Crippen LogP) is 7.21. The van der Waals surface area contributed by atoms with Crippen LogP contribution >= 0.6 is 0 Å². The Balaban J connectivity index is 0.000000327. The minimum Gasteiger partial charge on any atom is -0.481 e. The van der Waals surface area contributed by atoms with E-state index in [1.165, 1.54) is 38.5 Å². The van der Waals surface area contributed by atoms with Crippen LogP contribution in [0.1, 0.15) is 125 Å². The molecule has 0 spiro atoms. The number of carboxylic acid groups (broad SMARTS) is 1. The van der Waals surface area contributed by atoms with Gasteiger partial charge in [-0.2, -0.15) is 0 Å². The van der Waals surface area contributed by atoms with Gasteiger partial charge in [0, 0.05) is 30.6 Å². The number of carbonyl (C=O) groups is 3. The van der Waals surface area contributed by atoms with Crippen LogP contribution in [0.25, 0.3) is 0 Å². The molecule has 0 saturated heterocycles. The number of unbranched alkanes of at least 4 members (excludes halogenated alkanes) is 3. The lowest BCUT2D eigenvalue weighted by atomic mass is 9.44. The van der Waals surface area contributed by atoms with Gasteiger partial charge in [0.25, 0.3) is 0 Å². The molecular formula is C30H50O5. The Labute approximate surface area is 213 Å². The summed E-state index contributed by atoms with van der Waals surface area (Å²) in [5.74, 6) is 2.86. The molecule has 0 aliphatic heterocycles. The van der Waals surface area contributed by atoms with Crippen molar-refractivity contribution in [2.24, 2.45) is 40.4 Å². The monoisotopic (exact) mass is 490 g/mol. The SMILES string of the molecule is CCC(=O)O[C@H]1CC[C@H]2[C@@H]3CC[C@H]4CC(=O)[C@H](C)C[C@]4(C)[C@H]3CC[C@]12C.CCCCCCC(=O)O. The molecule has 35 heavy (non-hydrogen) atoms. The quantitative estimate of drug-likeness (QED) is 0.301. The molecular weight excluding hydrogens is 440 g/mol. The Morgan fingerprint density at radius 2 is 1.69 bits per heavy atom. The van der Waals surface area contributed by atoms with Crippen LogP contribution in [0.15, 0.2) is 0 Å². The summed E-state index contributed by atoms with van der Waals surface area (Å²) in [7, 11) is 0. The molecule has 0 bridgehead atoms. The van der Waals surface area contributed by atoms with E-state index in [4.69, 9.17) is 9.84 Å². The van der Waals surface area contributed by atoms with E-state index in [0.717, 1.165) is 50.4 Å². The third-order valence-electron chi connectivity index (χ3n) is 10.5. The predicted molar refractivity (Wildman–Crippen MR) is 138 cm³/mol. The molecule has 0 amide bonds. The van der Waals surface area contributed by atoms with Gasteiger partial charge in [-0.1, -0.05) is 53.9 Å². The zero-order valence-corrected chi connectivity index (χ0v) is 22.9. The minimum atomic E-state index is -0.675. The third-order valence-corrected chi connectivity index (χ3v) is 10.5. The average Bonchev–Trinajstić information content (AvgIpc) is 3.14. The first-order chi connectivity index (χ1) is 16.6. The maximum absolute atomic E-state index is 12.3. The van der Waals surface area contributed by atoms with Crippen molar-refractivity contribution in [1.82, 2.24) is 0 Å². The van der Waals surface area contributed by atoms with Gasteiger partial charge in [0.2, 0.25) is 0 Å². The molecule has 5 nitrogen and oxygen atoms in total. The highest BCUT2D eigenvalue weighted by molar-refractivity contribution is 5.82. The summed E-state index contributed by atoms with van der Waals surface area (Å²) in [4.78, 5) is 34.2. The first-order valence-corrected chi connectivity index (χ1v) is 14.5. The number of carboxylic acids is 1. The van der Waals surface area contributed by atoms with Crippen molar-refractivity contribution in [1.29, 1.82) is 0 Å². The standard InChI is InChI=1S/C23H36O3.C7H14O2/c1-5-21(25)26-20-9-8-17-16-7-6-15-12-19(24)14(2)13-23(15,4)18(16)10-11-22(17,20)3;1-2-3-4-5-6-7(8)9/h14-18,20H,5-13H2,1-4H3;2-6H2,1H3,(H,8,9)/t14-,15+,16+,17+,18+,20+,22+,23+;/m1./s1. The van der Waals surface area contributed by atoms with Gasteiger partial charge in [0.1, 0.15) is 11.9 Å². The number of Topliss-reactive ketones (excluding diaryl/α,β-unsaturated/α-hetero) is 1. The van der Waals surface area contributed by atoms with Crippen LogP contribution in [0.2, 0.25) is 0 Å². The molecule has 4 saturated carbocycles. The number of aliphatic carboxylic acids is 1. The molecule has 1 N–H and O–H groups in total. The number of carbonyl (C=O) groups excluding carboxylic acids is 2. The second kappa shape index (κ2) is 11.8. The van der Waals surface area contributed by atoms with Gasteiger partial charge in [-0.05, 0) is 80.5 Å². The number of hydrogen-bond acceptors (Lipinski definition) is 4. The molecule has 4 fully saturated rings. The van der Waals surface area contributed by atoms with Crippen LogP contribution in [0.3, 0.4) is 0 Å². The van der Waals surface area contributed by atoms with Crippen molar-refractivity contribution in [2.75, 3.05) is 0 Å². The highest BCUT2D eigenvalue weighted by atomic mass is 16.5. The number of fused-ring (bicyclic) bond motifs is 5. The van der Waals surface area contributed by atoms with Crippen LogP contribution in [-0.2, 0) is 19.1 Å². The smallest absolute Gasteiger partial charge is 0.305 e. The van der Waals surface area contributed by atoms with E-state index in [2.05, 4.69) is 27.7 Å². The van der Waals surface area contributed by atoms with E-state index in [1.807, 2.05) is 6.92 Å². The number of hydrogen-bond donors (Lipinski definition) is 1. The summed E-state index contributed by atoms with van der Waals surface area (Å²) < 4.78 is 5.89. The van der Waals surface area contributed by atoms with Gasteiger partial charge in [-0.3, -0.25) is 14.4 Å². The minimum absolute atomic E-state index is 0.0331. The van der Waals surface area contributed by atoms with Crippen LogP contribution < -0.4 is 0 Å². The van der Waals surface area contributed by atoms with E-state index >= 15 is 0 Å². The van der Waals surface area contributed by atoms with Crippen LogP contribution in [0, 0.1) is 40.4 Å². The van der Waals surface area contributed by atoms with Gasteiger partial charge >= 0.3 is 11.9 Å². The molecule has 8 atom stereocenters. The molecule has 0 aromatic rings. The summed E-state index contributed by atoms with van der Waals surface area (Å²) in [6, 6.07) is 0. The van der Waals surface area contributed by atoms with E-state index in [0.29, 0.717) is 35.9 Å². The summed E-state index contributed by atoms with van der Waals surface area (Å²) in [6.45, 7) is 11.1. The number of ketones is 1. The molecule has 0 aromatic carbocycles. The normalized spacial score (nSPS) is 40.0. The van der Waals surface area contributed by atoms with Crippen molar-refractivity contribution in [3.8, 4) is 0 Å². The van der Waals surface area contributed by atoms with E-state index in [9.17, 15) is 14.4 Å². The van der Waals surface area contributed by atoms with Crippen molar-refractivity contribution in [2.45, 2.75) is 131 Å². The maximum Gasteiger partial charge on any atom is 0.305 e. The van der Waals surface area contributed by atoms with Crippen molar-refractivity contribution >= 4 is 17.7 Å². The molecule has 5 heteroatoms.